The molecule has 2 aromatic carbocycles. The lowest BCUT2D eigenvalue weighted by Gasteiger charge is -2.12. The van der Waals surface area contributed by atoms with Gasteiger partial charge in [0.15, 0.2) is 0 Å². The molecule has 0 radical (unpaired) electrons. The van der Waals surface area contributed by atoms with Gasteiger partial charge in [-0.3, -0.25) is 4.72 Å². The number of nitrogen functional groups attached to an aromatic ring is 1. The third-order valence-electron chi connectivity index (χ3n) is 2.79. The molecule has 2 aromatic rings. The normalized spacial score (nSPS) is 11.3. The summed E-state index contributed by atoms with van der Waals surface area (Å²) in [5.74, 6) is 0. The Morgan fingerprint density at radius 3 is 2.45 bits per heavy atom. The molecule has 0 aliphatic carbocycles. The third-order valence-corrected chi connectivity index (χ3v) is 4.91. The van der Waals surface area contributed by atoms with Crippen molar-refractivity contribution in [3.63, 3.8) is 0 Å². The summed E-state index contributed by atoms with van der Waals surface area (Å²) in [6.45, 7) is 1.73. The van der Waals surface area contributed by atoms with E-state index < -0.39 is 10.0 Å². The maximum Gasteiger partial charge on any atom is 0.261 e. The molecule has 0 saturated carbocycles. The van der Waals surface area contributed by atoms with Gasteiger partial charge in [-0.05, 0) is 42.8 Å². The van der Waals surface area contributed by atoms with Gasteiger partial charge in [-0.1, -0.05) is 29.3 Å². The van der Waals surface area contributed by atoms with Crippen LogP contribution in [0.15, 0.2) is 41.3 Å². The minimum Gasteiger partial charge on any atom is -0.397 e. The van der Waals surface area contributed by atoms with Crippen LogP contribution in [-0.4, -0.2) is 8.42 Å². The lowest BCUT2D eigenvalue weighted by molar-refractivity contribution is 0.601. The minimum atomic E-state index is -3.74. The molecule has 7 heteroatoms. The Morgan fingerprint density at radius 1 is 1.10 bits per heavy atom. The van der Waals surface area contributed by atoms with Crippen molar-refractivity contribution in [3.05, 3.63) is 52.0 Å². The topological polar surface area (TPSA) is 72.2 Å². The van der Waals surface area contributed by atoms with Crippen molar-refractivity contribution in [1.29, 1.82) is 0 Å². The first-order valence-electron chi connectivity index (χ1n) is 5.64. The predicted octanol–water partition coefficient (Wildman–Crippen LogP) is 3.68. The zero-order chi connectivity index (χ0) is 14.9. The largest absolute Gasteiger partial charge is 0.397 e. The summed E-state index contributed by atoms with van der Waals surface area (Å²) >= 11 is 11.7. The summed E-state index contributed by atoms with van der Waals surface area (Å²) in [6, 6.07) is 9.14. The van der Waals surface area contributed by atoms with Crippen molar-refractivity contribution in [3.8, 4) is 0 Å². The van der Waals surface area contributed by atoms with E-state index in [1.54, 1.807) is 25.1 Å². The zero-order valence-corrected chi connectivity index (χ0v) is 12.9. The Bertz CT molecular complexity index is 761. The fourth-order valence-electron chi connectivity index (χ4n) is 1.61. The Kier molecular flexibility index (Phi) is 4.13. The molecular weight excluding hydrogens is 319 g/mol. The molecule has 0 spiro atoms. The van der Waals surface area contributed by atoms with E-state index in [4.69, 9.17) is 28.9 Å². The molecule has 0 atom stereocenters. The summed E-state index contributed by atoms with van der Waals surface area (Å²) in [5.41, 5.74) is 6.90. The second kappa shape index (κ2) is 5.52. The molecule has 106 valence electrons. The predicted molar refractivity (Wildman–Crippen MR) is 82.9 cm³/mol. The summed E-state index contributed by atoms with van der Waals surface area (Å²) in [6.07, 6.45) is 0. The van der Waals surface area contributed by atoms with E-state index in [9.17, 15) is 8.42 Å². The van der Waals surface area contributed by atoms with E-state index in [1.807, 2.05) is 0 Å². The Labute approximate surface area is 127 Å². The van der Waals surface area contributed by atoms with Crippen LogP contribution in [0.4, 0.5) is 11.4 Å². The smallest absolute Gasteiger partial charge is 0.261 e. The standard InChI is InChI=1S/C13H12Cl2N2O2S/c1-8-10(14)3-2-4-13(8)17-20(18,19)9-5-6-11(15)12(16)7-9/h2-7,17H,16H2,1H3. The fraction of sp³-hybridized carbons (Fsp3) is 0.0769. The van der Waals surface area contributed by atoms with Crippen molar-refractivity contribution in [2.45, 2.75) is 11.8 Å². The van der Waals surface area contributed by atoms with Crippen LogP contribution in [-0.2, 0) is 10.0 Å². The van der Waals surface area contributed by atoms with E-state index in [-0.39, 0.29) is 10.6 Å². The van der Waals surface area contributed by atoms with E-state index in [1.165, 1.54) is 18.2 Å². The molecule has 0 aliphatic heterocycles. The lowest BCUT2D eigenvalue weighted by Crippen LogP contribution is -2.14. The van der Waals surface area contributed by atoms with Crippen LogP contribution in [0.1, 0.15) is 5.56 Å². The maximum atomic E-state index is 12.3. The Balaban J connectivity index is 2.41. The number of halogens is 2. The average Bonchev–Trinajstić information content (AvgIpc) is 2.38. The first-order chi connectivity index (χ1) is 9.31. The molecule has 0 unspecified atom stereocenters. The van der Waals surface area contributed by atoms with Crippen molar-refractivity contribution in [2.24, 2.45) is 0 Å². The highest BCUT2D eigenvalue weighted by Gasteiger charge is 2.16. The van der Waals surface area contributed by atoms with Gasteiger partial charge in [0.2, 0.25) is 0 Å². The Morgan fingerprint density at radius 2 is 1.80 bits per heavy atom. The van der Waals surface area contributed by atoms with Gasteiger partial charge in [0.25, 0.3) is 10.0 Å². The highest BCUT2D eigenvalue weighted by atomic mass is 35.5. The number of sulfonamides is 1. The van der Waals surface area contributed by atoms with Crippen LogP contribution in [0, 0.1) is 6.92 Å². The van der Waals surface area contributed by atoms with E-state index in [0.717, 1.165) is 0 Å². The number of hydrogen-bond acceptors (Lipinski definition) is 3. The fourth-order valence-corrected chi connectivity index (χ4v) is 3.06. The van der Waals surface area contributed by atoms with Crippen LogP contribution in [0.5, 0.6) is 0 Å². The average molecular weight is 331 g/mol. The van der Waals surface area contributed by atoms with Crippen LogP contribution in [0.2, 0.25) is 10.0 Å². The van der Waals surface area contributed by atoms with E-state index in [2.05, 4.69) is 4.72 Å². The summed E-state index contributed by atoms with van der Waals surface area (Å²) in [7, 11) is -3.74. The summed E-state index contributed by atoms with van der Waals surface area (Å²) in [5, 5.41) is 0.795. The lowest BCUT2D eigenvalue weighted by atomic mass is 10.2. The highest BCUT2D eigenvalue weighted by Crippen LogP contribution is 2.27. The van der Waals surface area contributed by atoms with E-state index in [0.29, 0.717) is 21.3 Å². The minimum absolute atomic E-state index is 0.0405. The second-order valence-corrected chi connectivity index (χ2v) is 6.70. The van der Waals surface area contributed by atoms with Gasteiger partial charge in [0, 0.05) is 5.02 Å². The molecule has 0 aliphatic rings. The van der Waals surface area contributed by atoms with E-state index >= 15 is 0 Å². The molecule has 0 bridgehead atoms. The van der Waals surface area contributed by atoms with Gasteiger partial charge >= 0.3 is 0 Å². The molecule has 0 fully saturated rings. The van der Waals surface area contributed by atoms with Gasteiger partial charge in [0.05, 0.1) is 21.3 Å². The molecule has 3 N–H and O–H groups in total. The van der Waals surface area contributed by atoms with Gasteiger partial charge in [-0.15, -0.1) is 0 Å². The number of anilines is 2. The number of hydrogen-bond donors (Lipinski definition) is 2. The number of benzene rings is 2. The maximum absolute atomic E-state index is 12.3. The molecule has 0 aromatic heterocycles. The first-order valence-corrected chi connectivity index (χ1v) is 7.88. The van der Waals surface area contributed by atoms with Crippen LogP contribution >= 0.6 is 23.2 Å². The number of rotatable bonds is 3. The van der Waals surface area contributed by atoms with Crippen LogP contribution in [0.25, 0.3) is 0 Å². The van der Waals surface area contributed by atoms with Crippen molar-refractivity contribution in [1.82, 2.24) is 0 Å². The van der Waals surface area contributed by atoms with Crippen molar-refractivity contribution in [2.75, 3.05) is 10.5 Å². The van der Waals surface area contributed by atoms with Gasteiger partial charge in [0.1, 0.15) is 0 Å². The van der Waals surface area contributed by atoms with Gasteiger partial charge in [-0.25, -0.2) is 8.42 Å². The van der Waals surface area contributed by atoms with Crippen LogP contribution in [0.3, 0.4) is 0 Å². The SMILES string of the molecule is Cc1c(Cl)cccc1NS(=O)(=O)c1ccc(Cl)c(N)c1. The number of nitrogens with one attached hydrogen (secondary N) is 1. The summed E-state index contributed by atoms with van der Waals surface area (Å²) in [4.78, 5) is 0.0405. The quantitative estimate of drug-likeness (QED) is 0.843. The monoisotopic (exact) mass is 330 g/mol. The third kappa shape index (κ3) is 3.00. The molecular formula is C13H12Cl2N2O2S. The highest BCUT2D eigenvalue weighted by molar-refractivity contribution is 7.92. The molecule has 20 heavy (non-hydrogen) atoms. The van der Waals surface area contributed by atoms with Crippen LogP contribution < -0.4 is 10.5 Å². The molecule has 2 rings (SSSR count). The Hall–Kier alpha value is -1.43. The molecule has 0 amide bonds. The summed E-state index contributed by atoms with van der Waals surface area (Å²) < 4.78 is 27.0. The molecule has 4 nitrogen and oxygen atoms in total. The molecule has 0 heterocycles. The second-order valence-electron chi connectivity index (χ2n) is 4.20. The first kappa shape index (κ1) is 15.0. The molecule has 0 saturated heterocycles. The zero-order valence-electron chi connectivity index (χ0n) is 10.5. The van der Waals surface area contributed by atoms with Crippen molar-refractivity contribution >= 4 is 44.6 Å². The van der Waals surface area contributed by atoms with Gasteiger partial charge in [-0.2, -0.15) is 0 Å². The van der Waals surface area contributed by atoms with Crippen molar-refractivity contribution < 1.29 is 8.42 Å². The number of nitrogens with two attached hydrogens (primary N) is 1. The van der Waals surface area contributed by atoms with Gasteiger partial charge < -0.3 is 5.73 Å².